The number of halogens is 3. The number of alkyl halides is 3. The third-order valence-electron chi connectivity index (χ3n) is 2.10. The van der Waals surface area contributed by atoms with Gasteiger partial charge in [0.15, 0.2) is 0 Å². The van der Waals surface area contributed by atoms with Gasteiger partial charge in [0.1, 0.15) is 0 Å². The molecule has 1 aromatic carbocycles. The van der Waals surface area contributed by atoms with Crippen LogP contribution >= 0.6 is 0 Å². The van der Waals surface area contributed by atoms with Crippen molar-refractivity contribution in [2.24, 2.45) is 0 Å². The Hall–Kier alpha value is -1.44. The van der Waals surface area contributed by atoms with Crippen molar-refractivity contribution in [3.05, 3.63) is 23.8 Å². The molecule has 0 fully saturated rings. The molecule has 0 bridgehead atoms. The van der Waals surface area contributed by atoms with Crippen molar-refractivity contribution in [3.63, 3.8) is 0 Å². The van der Waals surface area contributed by atoms with Crippen LogP contribution < -0.4 is 10.5 Å². The summed E-state index contributed by atoms with van der Waals surface area (Å²) in [5.41, 5.74) is 3.55. The highest BCUT2D eigenvalue weighted by Gasteiger charge is 2.33. The summed E-state index contributed by atoms with van der Waals surface area (Å²) in [6, 6.07) is 2.90. The third kappa shape index (κ3) is 3.80. The Morgan fingerprint density at radius 3 is 2.44 bits per heavy atom. The molecule has 0 heterocycles. The van der Waals surface area contributed by atoms with Crippen LogP contribution in [0.4, 0.5) is 24.5 Å². The van der Waals surface area contributed by atoms with E-state index in [1.165, 1.54) is 6.07 Å². The summed E-state index contributed by atoms with van der Waals surface area (Å²) in [6.45, 7) is 1.66. The summed E-state index contributed by atoms with van der Waals surface area (Å²) >= 11 is 0. The van der Waals surface area contributed by atoms with Crippen molar-refractivity contribution in [2.75, 3.05) is 16.2 Å². The molecule has 0 saturated heterocycles. The minimum absolute atomic E-state index is 0.148. The average Bonchev–Trinajstić information content (AvgIpc) is 2.18. The molecule has 18 heavy (non-hydrogen) atoms. The Labute approximate surface area is 103 Å². The van der Waals surface area contributed by atoms with Gasteiger partial charge < -0.3 is 5.73 Å². The summed E-state index contributed by atoms with van der Waals surface area (Å²) < 4.78 is 62.6. The van der Waals surface area contributed by atoms with Gasteiger partial charge in [-0.05, 0) is 24.6 Å². The molecule has 0 saturated carbocycles. The van der Waals surface area contributed by atoms with Crippen molar-refractivity contribution >= 4 is 21.4 Å². The Morgan fingerprint density at radius 2 is 1.94 bits per heavy atom. The number of nitrogen functional groups attached to an aromatic ring is 1. The van der Waals surface area contributed by atoms with E-state index in [0.717, 1.165) is 6.07 Å². The van der Waals surface area contributed by atoms with E-state index >= 15 is 0 Å². The third-order valence-corrected chi connectivity index (χ3v) is 3.60. The molecule has 0 aromatic heterocycles. The molecule has 1 rings (SSSR count). The Kier molecular flexibility index (Phi) is 4.10. The largest absolute Gasteiger partial charge is 0.418 e. The van der Waals surface area contributed by atoms with E-state index in [-0.39, 0.29) is 11.4 Å². The molecule has 0 radical (unpaired) electrons. The maximum absolute atomic E-state index is 12.6. The van der Waals surface area contributed by atoms with Crippen molar-refractivity contribution < 1.29 is 21.6 Å². The predicted octanol–water partition coefficient (Wildman–Crippen LogP) is 2.44. The predicted molar refractivity (Wildman–Crippen MR) is 63.6 cm³/mol. The first kappa shape index (κ1) is 14.6. The Morgan fingerprint density at radius 1 is 1.33 bits per heavy atom. The van der Waals surface area contributed by atoms with Crippen LogP contribution in [0.3, 0.4) is 0 Å². The summed E-state index contributed by atoms with van der Waals surface area (Å²) in [7, 11) is -3.62. The second-order valence-electron chi connectivity index (χ2n) is 3.72. The van der Waals surface area contributed by atoms with Gasteiger partial charge in [-0.15, -0.1) is 0 Å². The zero-order valence-electron chi connectivity index (χ0n) is 9.58. The second kappa shape index (κ2) is 5.05. The lowest BCUT2D eigenvalue weighted by Gasteiger charge is -2.13. The number of nitrogens with one attached hydrogen (secondary N) is 1. The van der Waals surface area contributed by atoms with Gasteiger partial charge in [-0.3, -0.25) is 4.72 Å². The van der Waals surface area contributed by atoms with Gasteiger partial charge in [0.05, 0.1) is 11.3 Å². The fraction of sp³-hybridized carbons (Fsp3) is 0.400. The van der Waals surface area contributed by atoms with Gasteiger partial charge in [0, 0.05) is 11.4 Å². The number of rotatable bonds is 4. The lowest BCUT2D eigenvalue weighted by molar-refractivity contribution is -0.136. The highest BCUT2D eigenvalue weighted by molar-refractivity contribution is 7.92. The van der Waals surface area contributed by atoms with Gasteiger partial charge in [0.25, 0.3) is 0 Å². The molecular weight excluding hydrogens is 269 g/mol. The zero-order chi connectivity index (χ0) is 14.0. The monoisotopic (exact) mass is 282 g/mol. The van der Waals surface area contributed by atoms with Gasteiger partial charge in [0.2, 0.25) is 10.0 Å². The van der Waals surface area contributed by atoms with Crippen LogP contribution in [0.5, 0.6) is 0 Å². The van der Waals surface area contributed by atoms with E-state index in [1.54, 1.807) is 6.92 Å². The van der Waals surface area contributed by atoms with Crippen LogP contribution in [0.1, 0.15) is 18.9 Å². The molecule has 0 atom stereocenters. The molecule has 3 N–H and O–H groups in total. The van der Waals surface area contributed by atoms with Crippen molar-refractivity contribution in [1.82, 2.24) is 0 Å². The van der Waals surface area contributed by atoms with E-state index in [9.17, 15) is 21.6 Å². The first-order chi connectivity index (χ1) is 8.15. The first-order valence-electron chi connectivity index (χ1n) is 5.13. The summed E-state index contributed by atoms with van der Waals surface area (Å²) in [5.74, 6) is -0.154. The van der Waals surface area contributed by atoms with Crippen LogP contribution in [0, 0.1) is 0 Å². The molecule has 0 unspecified atom stereocenters. The minimum Gasteiger partial charge on any atom is -0.398 e. The minimum atomic E-state index is -4.61. The van der Waals surface area contributed by atoms with Crippen LogP contribution in [-0.2, 0) is 16.2 Å². The van der Waals surface area contributed by atoms with Crippen LogP contribution in [0.15, 0.2) is 18.2 Å². The maximum Gasteiger partial charge on any atom is 0.418 e. The van der Waals surface area contributed by atoms with E-state index in [0.29, 0.717) is 12.5 Å². The zero-order valence-corrected chi connectivity index (χ0v) is 10.4. The maximum atomic E-state index is 12.6. The number of anilines is 2. The van der Waals surface area contributed by atoms with Gasteiger partial charge in [-0.25, -0.2) is 8.42 Å². The Balaban J connectivity index is 3.07. The number of benzene rings is 1. The quantitative estimate of drug-likeness (QED) is 0.833. The second-order valence-corrected chi connectivity index (χ2v) is 5.56. The van der Waals surface area contributed by atoms with Gasteiger partial charge >= 0.3 is 6.18 Å². The topological polar surface area (TPSA) is 72.2 Å². The van der Waals surface area contributed by atoms with Crippen LogP contribution in [0.2, 0.25) is 0 Å². The van der Waals surface area contributed by atoms with Crippen molar-refractivity contribution in [2.45, 2.75) is 19.5 Å². The van der Waals surface area contributed by atoms with Crippen molar-refractivity contribution in [3.8, 4) is 0 Å². The Bertz CT molecular complexity index is 526. The van der Waals surface area contributed by atoms with E-state index in [1.807, 2.05) is 0 Å². The van der Waals surface area contributed by atoms with Gasteiger partial charge in [-0.1, -0.05) is 6.92 Å². The molecule has 8 heteroatoms. The molecule has 4 nitrogen and oxygen atoms in total. The lowest BCUT2D eigenvalue weighted by atomic mass is 10.1. The standard InChI is InChI=1S/C10H13F3N2O2S/c1-2-5-18(16,17)15-7-3-4-9(14)8(6-7)10(11,12)13/h3-4,6,15H,2,5,14H2,1H3. The molecule has 0 aliphatic rings. The van der Waals surface area contributed by atoms with E-state index < -0.39 is 27.5 Å². The summed E-state index contributed by atoms with van der Waals surface area (Å²) in [6.07, 6.45) is -4.24. The summed E-state index contributed by atoms with van der Waals surface area (Å²) in [5, 5.41) is 0. The van der Waals surface area contributed by atoms with Crippen LogP contribution in [0.25, 0.3) is 0 Å². The SMILES string of the molecule is CCCS(=O)(=O)Nc1ccc(N)c(C(F)(F)F)c1. The first-order valence-corrected chi connectivity index (χ1v) is 6.78. The fourth-order valence-electron chi connectivity index (χ4n) is 1.36. The molecular formula is C10H13F3N2O2S. The number of nitrogens with two attached hydrogens (primary N) is 1. The number of hydrogen-bond donors (Lipinski definition) is 2. The number of sulfonamides is 1. The van der Waals surface area contributed by atoms with E-state index in [2.05, 4.69) is 4.72 Å². The lowest BCUT2D eigenvalue weighted by Crippen LogP contribution is -2.17. The molecule has 0 spiro atoms. The highest BCUT2D eigenvalue weighted by Crippen LogP contribution is 2.35. The van der Waals surface area contributed by atoms with Crippen LogP contribution in [-0.4, -0.2) is 14.2 Å². The highest BCUT2D eigenvalue weighted by atomic mass is 32.2. The smallest absolute Gasteiger partial charge is 0.398 e. The van der Waals surface area contributed by atoms with E-state index in [4.69, 9.17) is 5.73 Å². The molecule has 0 aliphatic heterocycles. The molecule has 0 amide bonds. The fourth-order valence-corrected chi connectivity index (χ4v) is 2.49. The average molecular weight is 282 g/mol. The molecule has 102 valence electrons. The molecule has 1 aromatic rings. The molecule has 0 aliphatic carbocycles. The number of hydrogen-bond acceptors (Lipinski definition) is 3. The van der Waals surface area contributed by atoms with Gasteiger partial charge in [-0.2, -0.15) is 13.2 Å². The summed E-state index contributed by atoms with van der Waals surface area (Å²) in [4.78, 5) is 0. The normalized spacial score (nSPS) is 12.4. The van der Waals surface area contributed by atoms with Crippen molar-refractivity contribution in [1.29, 1.82) is 0 Å².